The van der Waals surface area contributed by atoms with Crippen LogP contribution in [-0.4, -0.2) is 37.9 Å². The molecule has 1 atom stereocenters. The minimum absolute atomic E-state index is 0.0113. The summed E-state index contributed by atoms with van der Waals surface area (Å²) in [5, 5.41) is 5.61. The Morgan fingerprint density at radius 3 is 2.64 bits per heavy atom. The van der Waals surface area contributed by atoms with E-state index in [1.165, 1.54) is 23.3 Å². The first-order valence-electron chi connectivity index (χ1n) is 8.47. The van der Waals surface area contributed by atoms with Gasteiger partial charge in [-0.25, -0.2) is 14.8 Å². The molecule has 28 heavy (non-hydrogen) atoms. The Kier molecular flexibility index (Phi) is 5.85. The fourth-order valence-corrected chi connectivity index (χ4v) is 3.70. The molecule has 0 spiro atoms. The van der Waals surface area contributed by atoms with Crippen molar-refractivity contribution in [1.82, 2.24) is 4.98 Å². The lowest BCUT2D eigenvalue weighted by Crippen LogP contribution is -2.36. The van der Waals surface area contributed by atoms with Crippen LogP contribution in [0, 0.1) is 6.92 Å². The summed E-state index contributed by atoms with van der Waals surface area (Å²) in [5.74, 6) is -0.534. The van der Waals surface area contributed by atoms with Gasteiger partial charge in [0, 0.05) is 6.20 Å². The Hall–Kier alpha value is -2.65. The molecule has 0 fully saturated rings. The molecule has 1 aliphatic heterocycles. The van der Waals surface area contributed by atoms with E-state index in [4.69, 9.17) is 20.5 Å². The van der Waals surface area contributed by atoms with Crippen LogP contribution >= 0.6 is 11.6 Å². The summed E-state index contributed by atoms with van der Waals surface area (Å²) in [4.78, 5) is 16.5. The summed E-state index contributed by atoms with van der Waals surface area (Å²) in [5.41, 5.74) is 0.913. The third-order valence-corrected chi connectivity index (χ3v) is 5.47. The molecular weight excluding hydrogens is 406 g/mol. The largest absolute Gasteiger partial charge is 0.464 e. The molecule has 1 aromatic heterocycles. The second-order valence-corrected chi connectivity index (χ2v) is 7.92. The average Bonchev–Trinajstić information content (AvgIpc) is 3.05. The van der Waals surface area contributed by atoms with E-state index in [-0.39, 0.29) is 34.7 Å². The van der Waals surface area contributed by atoms with Gasteiger partial charge >= 0.3 is 16.1 Å². The van der Waals surface area contributed by atoms with Crippen LogP contribution in [0.2, 0.25) is 5.02 Å². The molecule has 0 aliphatic carbocycles. The predicted molar refractivity (Wildman–Crippen MR) is 104 cm³/mol. The Bertz CT molecular complexity index is 1010. The number of ether oxygens (including phenoxy) is 1. The Morgan fingerprint density at radius 2 is 2.00 bits per heavy atom. The average molecular weight is 424 g/mol. The first-order valence-corrected chi connectivity index (χ1v) is 10.3. The highest BCUT2D eigenvalue weighted by Gasteiger charge is 2.39. The van der Waals surface area contributed by atoms with Gasteiger partial charge in [-0.3, -0.25) is 0 Å². The van der Waals surface area contributed by atoms with Crippen LogP contribution in [0.4, 0.5) is 5.82 Å². The van der Waals surface area contributed by atoms with Crippen LogP contribution in [0.1, 0.15) is 18.9 Å². The van der Waals surface area contributed by atoms with Crippen molar-refractivity contribution in [3.8, 4) is 0 Å². The zero-order valence-electron chi connectivity index (χ0n) is 15.2. The number of rotatable bonds is 5. The van der Waals surface area contributed by atoms with Crippen molar-refractivity contribution in [3.63, 3.8) is 0 Å². The number of pyridine rings is 1. The van der Waals surface area contributed by atoms with E-state index in [2.05, 4.69) is 10.1 Å². The van der Waals surface area contributed by atoms with Crippen molar-refractivity contribution in [3.05, 3.63) is 53.2 Å². The SMILES string of the molecule is CCOC(=O)C1CC(OS(=O)(=O)c2ccc(C)cc2)=NN1c1ncccc1Cl. The third kappa shape index (κ3) is 4.26. The third-order valence-electron chi connectivity index (χ3n) is 3.91. The van der Waals surface area contributed by atoms with E-state index >= 15 is 0 Å². The van der Waals surface area contributed by atoms with Crippen molar-refractivity contribution in [2.45, 2.75) is 31.2 Å². The van der Waals surface area contributed by atoms with E-state index in [1.54, 1.807) is 31.2 Å². The molecule has 2 heterocycles. The predicted octanol–water partition coefficient (Wildman–Crippen LogP) is 2.90. The van der Waals surface area contributed by atoms with Gasteiger partial charge in [0.2, 0.25) is 5.90 Å². The maximum absolute atomic E-state index is 12.5. The molecule has 1 aromatic carbocycles. The number of aryl methyl sites for hydroxylation is 1. The van der Waals surface area contributed by atoms with Gasteiger partial charge in [-0.1, -0.05) is 29.3 Å². The summed E-state index contributed by atoms with van der Waals surface area (Å²) in [6, 6.07) is 8.48. The molecule has 8 nitrogen and oxygen atoms in total. The monoisotopic (exact) mass is 423 g/mol. The summed E-state index contributed by atoms with van der Waals surface area (Å²) in [6.07, 6.45) is 1.39. The highest BCUT2D eigenvalue weighted by molar-refractivity contribution is 7.87. The van der Waals surface area contributed by atoms with Crippen molar-refractivity contribution in [2.24, 2.45) is 5.10 Å². The van der Waals surface area contributed by atoms with E-state index in [0.717, 1.165) is 5.56 Å². The van der Waals surface area contributed by atoms with E-state index < -0.39 is 22.1 Å². The Morgan fingerprint density at radius 1 is 1.29 bits per heavy atom. The lowest BCUT2D eigenvalue weighted by molar-refractivity contribution is -0.144. The minimum atomic E-state index is -4.10. The van der Waals surface area contributed by atoms with Crippen LogP contribution in [0.3, 0.4) is 0 Å². The molecule has 1 unspecified atom stereocenters. The van der Waals surface area contributed by atoms with Crippen LogP contribution in [-0.2, 0) is 23.8 Å². The number of anilines is 1. The van der Waals surface area contributed by atoms with Gasteiger partial charge in [-0.05, 0) is 38.1 Å². The zero-order chi connectivity index (χ0) is 20.3. The minimum Gasteiger partial charge on any atom is -0.464 e. The lowest BCUT2D eigenvalue weighted by Gasteiger charge is -2.20. The van der Waals surface area contributed by atoms with Crippen LogP contribution in [0.5, 0.6) is 0 Å². The number of aromatic nitrogens is 1. The molecule has 1 aliphatic rings. The molecule has 148 valence electrons. The van der Waals surface area contributed by atoms with Gasteiger partial charge in [0.05, 0.1) is 18.1 Å². The fourth-order valence-electron chi connectivity index (χ4n) is 2.58. The van der Waals surface area contributed by atoms with Crippen molar-refractivity contribution < 1.29 is 22.1 Å². The lowest BCUT2D eigenvalue weighted by atomic mass is 10.2. The van der Waals surface area contributed by atoms with Gasteiger partial charge in [-0.15, -0.1) is 5.10 Å². The first kappa shape index (κ1) is 20.1. The topological polar surface area (TPSA) is 98.2 Å². The Labute approximate surface area is 167 Å². The summed E-state index contributed by atoms with van der Waals surface area (Å²) >= 11 is 6.16. The molecule has 0 saturated carbocycles. The number of hydrazone groups is 1. The van der Waals surface area contributed by atoms with Crippen molar-refractivity contribution >= 4 is 39.4 Å². The molecule has 2 aromatic rings. The number of halogens is 1. The highest BCUT2D eigenvalue weighted by Crippen LogP contribution is 2.30. The molecule has 0 amide bonds. The van der Waals surface area contributed by atoms with Gasteiger partial charge in [0.25, 0.3) is 0 Å². The smallest absolute Gasteiger partial charge is 0.340 e. The Balaban J connectivity index is 1.91. The standard InChI is InChI=1S/C18H18ClN3O5S/c1-3-26-18(23)15-11-16(21-22(15)17-14(19)5-4-10-20-17)27-28(24,25)13-8-6-12(2)7-9-13/h4-10,15H,3,11H2,1-2H3. The van der Waals surface area contributed by atoms with Crippen LogP contribution in [0.15, 0.2) is 52.6 Å². The number of carbonyl (C=O) groups excluding carboxylic acids is 1. The first-order chi connectivity index (χ1) is 13.3. The number of hydrogen-bond acceptors (Lipinski definition) is 8. The van der Waals surface area contributed by atoms with E-state index in [9.17, 15) is 13.2 Å². The van der Waals surface area contributed by atoms with Gasteiger partial charge in [-0.2, -0.15) is 8.42 Å². The maximum atomic E-state index is 12.5. The summed E-state index contributed by atoms with van der Waals surface area (Å²) in [6.45, 7) is 3.68. The number of hydrogen-bond donors (Lipinski definition) is 0. The molecule has 10 heteroatoms. The zero-order valence-corrected chi connectivity index (χ0v) is 16.8. The van der Waals surface area contributed by atoms with Gasteiger partial charge in [0.1, 0.15) is 4.90 Å². The normalized spacial score (nSPS) is 16.6. The molecular formula is C18H18ClN3O5S. The number of carbonyl (C=O) groups is 1. The maximum Gasteiger partial charge on any atom is 0.340 e. The molecule has 3 rings (SSSR count). The fraction of sp³-hybridized carbons (Fsp3) is 0.278. The van der Waals surface area contributed by atoms with E-state index in [0.29, 0.717) is 0 Å². The summed E-state index contributed by atoms with van der Waals surface area (Å²) in [7, 11) is -4.10. The second kappa shape index (κ2) is 8.15. The summed E-state index contributed by atoms with van der Waals surface area (Å²) < 4.78 is 35.3. The molecule has 0 saturated heterocycles. The van der Waals surface area contributed by atoms with Crippen LogP contribution in [0.25, 0.3) is 0 Å². The second-order valence-electron chi connectivity index (χ2n) is 5.97. The number of esters is 1. The van der Waals surface area contributed by atoms with Crippen molar-refractivity contribution in [1.29, 1.82) is 0 Å². The van der Waals surface area contributed by atoms with E-state index in [1.807, 2.05) is 6.92 Å². The molecule has 0 bridgehead atoms. The molecule has 0 N–H and O–H groups in total. The molecule has 0 radical (unpaired) electrons. The van der Waals surface area contributed by atoms with Crippen LogP contribution < -0.4 is 5.01 Å². The van der Waals surface area contributed by atoms with Gasteiger partial charge < -0.3 is 8.92 Å². The quantitative estimate of drug-likeness (QED) is 0.538. The number of benzene rings is 1. The van der Waals surface area contributed by atoms with Gasteiger partial charge in [0.15, 0.2) is 11.9 Å². The van der Waals surface area contributed by atoms with Crippen molar-refractivity contribution in [2.75, 3.05) is 11.6 Å². The highest BCUT2D eigenvalue weighted by atomic mass is 35.5. The number of nitrogens with zero attached hydrogens (tertiary/aromatic N) is 3.